The van der Waals surface area contributed by atoms with E-state index < -0.39 is 16.7 Å². The molecule has 1 N–H and O–H groups in total. The molecule has 1 atom stereocenters. The Kier molecular flexibility index (Phi) is 12.7. The van der Waals surface area contributed by atoms with Crippen LogP contribution in [0.5, 0.6) is 0 Å². The number of carbonyl (C=O) groups is 3. The number of piperidine rings is 2. The van der Waals surface area contributed by atoms with Gasteiger partial charge in [0.05, 0.1) is 16.7 Å². The average molecular weight is 973 g/mol. The number of ether oxygens (including phenoxy) is 3. The number of cyclic esters (lactones) is 1. The summed E-state index contributed by atoms with van der Waals surface area (Å²) in [6.45, 7) is 19.9. The molecule has 0 amide bonds. The minimum atomic E-state index is -1.13. The van der Waals surface area contributed by atoms with Gasteiger partial charge < -0.3 is 29.2 Å². The fourth-order valence-corrected chi connectivity index (χ4v) is 12.9. The van der Waals surface area contributed by atoms with Crippen LogP contribution >= 0.6 is 0 Å². The smallest absolute Gasteiger partial charge is 0.340 e. The zero-order valence-electron chi connectivity index (χ0n) is 43.7. The highest BCUT2D eigenvalue weighted by Gasteiger charge is 2.50. The molecule has 10 rings (SSSR count). The number of carbonyl (C=O) groups excluding carboxylic acids is 3. The van der Waals surface area contributed by atoms with E-state index in [9.17, 15) is 19.6 Å². The molecule has 1 unspecified atom stereocenters. The fraction of sp³-hybridized carbons (Fsp3) is 0.459. The lowest BCUT2D eigenvalue weighted by molar-refractivity contribution is -0.256. The maximum absolute atomic E-state index is 13.9. The third-order valence-corrected chi connectivity index (χ3v) is 16.7. The normalized spacial score (nSPS) is 22.6. The highest BCUT2D eigenvalue weighted by Crippen LogP contribution is 2.50. The van der Waals surface area contributed by atoms with Gasteiger partial charge >= 0.3 is 17.9 Å². The van der Waals surface area contributed by atoms with E-state index in [4.69, 9.17) is 14.2 Å². The topological polar surface area (TPSA) is 112 Å². The number of hydrogen-bond acceptors (Lipinski definition) is 11. The molecular weight excluding hydrogens is 901 g/mol. The van der Waals surface area contributed by atoms with Crippen molar-refractivity contribution in [1.29, 1.82) is 0 Å². The third kappa shape index (κ3) is 9.21. The van der Waals surface area contributed by atoms with E-state index in [1.165, 1.54) is 16.2 Å². The molecule has 0 saturated carbocycles. The Labute approximate surface area is 426 Å². The number of nitrogens with zero attached hydrogens (tertiary/aromatic N) is 4. The van der Waals surface area contributed by atoms with Crippen molar-refractivity contribution in [2.24, 2.45) is 0 Å². The van der Waals surface area contributed by atoms with Crippen LogP contribution in [0.15, 0.2) is 109 Å². The number of likely N-dealkylation sites (tertiary alicyclic amines) is 1. The summed E-state index contributed by atoms with van der Waals surface area (Å²) in [6, 6.07) is 36.6. The van der Waals surface area contributed by atoms with Crippen molar-refractivity contribution in [1.82, 2.24) is 9.96 Å². The number of benzene rings is 5. The molecule has 5 aliphatic rings. The van der Waals surface area contributed by atoms with Crippen LogP contribution < -0.4 is 9.80 Å². The van der Waals surface area contributed by atoms with Crippen molar-refractivity contribution >= 4 is 29.3 Å². The Bertz CT molecular complexity index is 2690. The Morgan fingerprint density at radius 2 is 1.03 bits per heavy atom. The molecule has 2 fully saturated rings. The molecule has 5 heterocycles. The number of esters is 3. The molecule has 72 heavy (non-hydrogen) atoms. The van der Waals surface area contributed by atoms with E-state index in [2.05, 4.69) is 85.8 Å². The summed E-state index contributed by atoms with van der Waals surface area (Å²) >= 11 is 0. The van der Waals surface area contributed by atoms with Crippen LogP contribution in [0.2, 0.25) is 0 Å². The number of hydroxylamine groups is 2. The summed E-state index contributed by atoms with van der Waals surface area (Å²) in [4.78, 5) is 47.8. The van der Waals surface area contributed by atoms with Gasteiger partial charge in [-0.15, -0.1) is 0 Å². The first-order chi connectivity index (χ1) is 34.1. The van der Waals surface area contributed by atoms with Crippen LogP contribution in [0.3, 0.4) is 0 Å². The van der Waals surface area contributed by atoms with Gasteiger partial charge in [0.2, 0.25) is 0 Å². The summed E-state index contributed by atoms with van der Waals surface area (Å²) in [7, 11) is 2.15. The number of aryl methyl sites for hydroxylation is 2. The van der Waals surface area contributed by atoms with E-state index in [-0.39, 0.29) is 41.2 Å². The maximum Gasteiger partial charge on any atom is 0.340 e. The Hall–Kier alpha value is -6.01. The van der Waals surface area contributed by atoms with Gasteiger partial charge in [0, 0.05) is 102 Å². The van der Waals surface area contributed by atoms with Crippen LogP contribution in [-0.4, -0.2) is 87.6 Å². The predicted molar refractivity (Wildman–Crippen MR) is 281 cm³/mol. The Morgan fingerprint density at radius 3 is 1.49 bits per heavy atom. The lowest BCUT2D eigenvalue weighted by atomic mass is 9.78. The minimum Gasteiger partial charge on any atom is -0.459 e. The second kappa shape index (κ2) is 18.5. The molecule has 0 aliphatic carbocycles. The fourth-order valence-electron chi connectivity index (χ4n) is 12.9. The van der Waals surface area contributed by atoms with Crippen molar-refractivity contribution in [3.8, 4) is 0 Å². The zero-order valence-corrected chi connectivity index (χ0v) is 43.7. The Morgan fingerprint density at radius 1 is 0.597 bits per heavy atom. The van der Waals surface area contributed by atoms with Gasteiger partial charge in [0.1, 0.15) is 12.2 Å². The van der Waals surface area contributed by atoms with E-state index in [0.717, 1.165) is 90.8 Å². The van der Waals surface area contributed by atoms with Crippen LogP contribution in [0, 0.1) is 0 Å². The molecule has 2 saturated heterocycles. The summed E-state index contributed by atoms with van der Waals surface area (Å²) < 4.78 is 18.8. The summed E-state index contributed by atoms with van der Waals surface area (Å²) in [5.74, 6) is -0.947. The SMILES string of the molecule is CN1C(C)(C)CC(OC(=O)c2ccc(CN3CCCc4cc(C5(c6ccc7c(c6)CCCN7Cc6ccc(C(=O)OC7CC(C)(C)N(O)C(C)(C)C7)cc6)OC(=O)c6ccccc65)ccc43)cc2)CC1(C)C. The lowest BCUT2D eigenvalue weighted by Crippen LogP contribution is -2.60. The third-order valence-electron chi connectivity index (χ3n) is 16.7. The largest absolute Gasteiger partial charge is 0.459 e. The van der Waals surface area contributed by atoms with Crippen LogP contribution in [-0.2, 0) is 45.7 Å². The van der Waals surface area contributed by atoms with E-state index in [1.54, 1.807) is 0 Å². The standard InChI is InChI=1S/C61H72N4O7/c1-57(2)34-48(35-58(3,4)62(57)9)70-54(66)42-22-18-40(19-23-42)38-63-30-12-14-44-32-46(26-28-52(44)63)61(51-17-11-10-16-50(51)56(68)72-61)47-27-29-53-45(33-47)15-13-31-64(53)39-41-20-24-43(25-21-41)55(67)71-49-36-59(5,6)65(69)60(7,8)37-49/h10-11,16-29,32-33,48-49,69H,12-15,30-31,34-39H2,1-9H3. The van der Waals surface area contributed by atoms with Gasteiger partial charge in [-0.25, -0.2) is 14.4 Å². The van der Waals surface area contributed by atoms with Gasteiger partial charge in [-0.3, -0.25) is 4.90 Å². The van der Waals surface area contributed by atoms with Crippen LogP contribution in [0.25, 0.3) is 0 Å². The zero-order chi connectivity index (χ0) is 51.0. The van der Waals surface area contributed by atoms with Gasteiger partial charge in [-0.05, 0) is 165 Å². The van der Waals surface area contributed by atoms with Crippen molar-refractivity contribution in [3.63, 3.8) is 0 Å². The van der Waals surface area contributed by atoms with Gasteiger partial charge in [-0.1, -0.05) is 54.6 Å². The molecule has 11 heteroatoms. The molecule has 0 spiro atoms. The molecule has 378 valence electrons. The Balaban J connectivity index is 0.858. The van der Waals surface area contributed by atoms with Crippen LogP contribution in [0.1, 0.15) is 164 Å². The monoisotopic (exact) mass is 973 g/mol. The molecule has 0 aromatic heterocycles. The molecule has 5 aromatic rings. The summed E-state index contributed by atoms with van der Waals surface area (Å²) in [5, 5.41) is 12.1. The van der Waals surface area contributed by atoms with Crippen molar-refractivity contribution in [2.75, 3.05) is 29.9 Å². The molecule has 5 aromatic carbocycles. The number of fused-ring (bicyclic) bond motifs is 3. The molecule has 0 radical (unpaired) electrons. The van der Waals surface area contributed by atoms with Gasteiger partial charge in [0.25, 0.3) is 0 Å². The van der Waals surface area contributed by atoms with Gasteiger partial charge in [0.15, 0.2) is 5.60 Å². The van der Waals surface area contributed by atoms with Crippen molar-refractivity contribution in [3.05, 3.63) is 165 Å². The number of rotatable bonds is 10. The lowest BCUT2D eigenvalue weighted by Gasteiger charge is -2.53. The second-order valence-corrected chi connectivity index (χ2v) is 23.7. The number of anilines is 2. The minimum absolute atomic E-state index is 0.0734. The first-order valence-corrected chi connectivity index (χ1v) is 26.1. The quantitative estimate of drug-likeness (QED) is 0.107. The second-order valence-electron chi connectivity index (χ2n) is 23.7. The predicted octanol–water partition coefficient (Wildman–Crippen LogP) is 11.4. The first kappa shape index (κ1) is 49.6. The summed E-state index contributed by atoms with van der Waals surface area (Å²) in [6.07, 6.45) is 6.01. The van der Waals surface area contributed by atoms with Crippen molar-refractivity contribution < 1.29 is 33.8 Å². The van der Waals surface area contributed by atoms with E-state index in [0.29, 0.717) is 42.6 Å². The van der Waals surface area contributed by atoms with E-state index >= 15 is 0 Å². The molecule has 5 aliphatic heterocycles. The first-order valence-electron chi connectivity index (χ1n) is 26.1. The van der Waals surface area contributed by atoms with Crippen molar-refractivity contribution in [2.45, 2.75) is 160 Å². The van der Waals surface area contributed by atoms with Gasteiger partial charge in [-0.2, -0.15) is 5.06 Å². The molecular formula is C61H72N4O7. The molecule has 11 nitrogen and oxygen atoms in total. The average Bonchev–Trinajstić information content (AvgIpc) is 3.65. The highest BCUT2D eigenvalue weighted by atomic mass is 16.6. The van der Waals surface area contributed by atoms with Crippen LogP contribution in [0.4, 0.5) is 11.4 Å². The number of hydrogen-bond donors (Lipinski definition) is 1. The highest BCUT2D eigenvalue weighted by molar-refractivity contribution is 5.96. The maximum atomic E-state index is 13.9. The van der Waals surface area contributed by atoms with E-state index in [1.807, 2.05) is 100 Å². The summed E-state index contributed by atoms with van der Waals surface area (Å²) in [5.41, 5.74) is 9.00. The molecule has 0 bridgehead atoms.